The predicted octanol–water partition coefficient (Wildman–Crippen LogP) is 3.15. The predicted molar refractivity (Wildman–Crippen MR) is 80.2 cm³/mol. The molecule has 20 heavy (non-hydrogen) atoms. The lowest BCUT2D eigenvalue weighted by Crippen LogP contribution is -2.10. The van der Waals surface area contributed by atoms with Crippen molar-refractivity contribution in [1.29, 1.82) is 0 Å². The van der Waals surface area contributed by atoms with Crippen molar-refractivity contribution in [1.82, 2.24) is 14.5 Å². The Labute approximate surface area is 124 Å². The van der Waals surface area contributed by atoms with Crippen LogP contribution in [0.4, 0.5) is 0 Å². The van der Waals surface area contributed by atoms with Gasteiger partial charge in [-0.25, -0.2) is 4.98 Å². The van der Waals surface area contributed by atoms with Gasteiger partial charge in [0.1, 0.15) is 6.23 Å². The lowest BCUT2D eigenvalue weighted by atomic mass is 10.2. The van der Waals surface area contributed by atoms with Crippen molar-refractivity contribution in [3.05, 3.63) is 53.3 Å². The first-order valence-corrected chi connectivity index (χ1v) is 7.55. The molecule has 3 heterocycles. The van der Waals surface area contributed by atoms with Gasteiger partial charge in [0.2, 0.25) is 0 Å². The Morgan fingerprint density at radius 1 is 1.25 bits per heavy atom. The van der Waals surface area contributed by atoms with Crippen LogP contribution < -0.4 is 0 Å². The number of rotatable bonds is 1. The maximum atomic E-state index is 10.6. The molecule has 6 heteroatoms. The van der Waals surface area contributed by atoms with Crippen molar-refractivity contribution >= 4 is 34.4 Å². The largest absolute Gasteiger partial charge is 0.372 e. The molecule has 2 unspecified atom stereocenters. The first kappa shape index (κ1) is 12.2. The van der Waals surface area contributed by atoms with E-state index in [2.05, 4.69) is 9.97 Å². The molecule has 0 spiro atoms. The van der Waals surface area contributed by atoms with Crippen molar-refractivity contribution in [3.63, 3.8) is 0 Å². The van der Waals surface area contributed by atoms with E-state index in [1.54, 1.807) is 6.20 Å². The highest BCUT2D eigenvalue weighted by atomic mass is 35.5. The van der Waals surface area contributed by atoms with Gasteiger partial charge in [-0.2, -0.15) is 0 Å². The minimum atomic E-state index is -0.646. The normalized spacial score (nSPS) is 21.3. The monoisotopic (exact) mass is 304 g/mol. The molecule has 1 aromatic carbocycles. The highest BCUT2D eigenvalue weighted by Gasteiger charge is 2.35. The van der Waals surface area contributed by atoms with Crippen molar-refractivity contribution < 1.29 is 5.11 Å². The Morgan fingerprint density at radius 2 is 2.15 bits per heavy atom. The second kappa shape index (κ2) is 4.48. The SMILES string of the molecule is OC1C(c2ccccn2)[SH]c2nc3cc(Cl)ccc3n21. The van der Waals surface area contributed by atoms with Gasteiger partial charge in [0, 0.05) is 11.2 Å². The van der Waals surface area contributed by atoms with Crippen LogP contribution in [0.1, 0.15) is 17.2 Å². The molecule has 1 radical (unpaired) electrons. The number of aliphatic hydroxyl groups excluding tert-OH is 1. The zero-order valence-corrected chi connectivity index (χ0v) is 12.0. The zero-order valence-electron chi connectivity index (χ0n) is 10.3. The second-order valence-corrected chi connectivity index (χ2v) is 6.31. The first-order valence-electron chi connectivity index (χ1n) is 6.21. The van der Waals surface area contributed by atoms with Gasteiger partial charge in [0.25, 0.3) is 0 Å². The summed E-state index contributed by atoms with van der Waals surface area (Å²) in [5, 5.41) is 12.0. The Kier molecular flexibility index (Phi) is 2.73. The van der Waals surface area contributed by atoms with Crippen molar-refractivity contribution in [2.24, 2.45) is 0 Å². The number of benzene rings is 1. The van der Waals surface area contributed by atoms with Crippen LogP contribution in [-0.2, 0) is 0 Å². The number of imidazole rings is 1. The van der Waals surface area contributed by atoms with E-state index in [0.717, 1.165) is 33.6 Å². The summed E-state index contributed by atoms with van der Waals surface area (Å²) >= 11 is 6.94. The summed E-state index contributed by atoms with van der Waals surface area (Å²) in [6, 6.07) is 11.3. The average molecular weight is 305 g/mol. The number of aromatic nitrogens is 3. The highest BCUT2D eigenvalue weighted by molar-refractivity contribution is 7.99. The average Bonchev–Trinajstić information content (AvgIpc) is 2.96. The number of nitrogens with zero attached hydrogens (tertiary/aromatic N) is 3. The van der Waals surface area contributed by atoms with Gasteiger partial charge in [-0.3, -0.25) is 9.55 Å². The summed E-state index contributed by atoms with van der Waals surface area (Å²) in [7, 11) is 0. The smallest absolute Gasteiger partial charge is 0.159 e. The van der Waals surface area contributed by atoms with Crippen molar-refractivity contribution in [3.8, 4) is 0 Å². The summed E-state index contributed by atoms with van der Waals surface area (Å²) in [4.78, 5) is 8.90. The molecule has 3 aromatic rings. The van der Waals surface area contributed by atoms with Crippen molar-refractivity contribution in [2.45, 2.75) is 16.6 Å². The molecule has 0 bridgehead atoms. The van der Waals surface area contributed by atoms with Crippen LogP contribution in [-0.4, -0.2) is 19.6 Å². The van der Waals surface area contributed by atoms with Crippen LogP contribution in [0.3, 0.4) is 0 Å². The minimum Gasteiger partial charge on any atom is -0.372 e. The van der Waals surface area contributed by atoms with Gasteiger partial charge >= 0.3 is 0 Å². The Hall–Kier alpha value is -1.56. The molecule has 0 saturated carbocycles. The summed E-state index contributed by atoms with van der Waals surface area (Å²) in [5.41, 5.74) is 2.61. The molecule has 4 nitrogen and oxygen atoms in total. The fourth-order valence-electron chi connectivity index (χ4n) is 2.51. The number of fused-ring (bicyclic) bond motifs is 3. The topological polar surface area (TPSA) is 50.9 Å². The number of halogens is 1. The fraction of sp³-hybridized carbons (Fsp3) is 0.143. The lowest BCUT2D eigenvalue weighted by molar-refractivity contribution is 0.104. The Bertz CT molecular complexity index is 790. The third kappa shape index (κ3) is 1.74. The maximum Gasteiger partial charge on any atom is 0.159 e. The number of pyridine rings is 1. The highest BCUT2D eigenvalue weighted by Crippen LogP contribution is 2.49. The summed E-state index contributed by atoms with van der Waals surface area (Å²) in [5.74, 6) is 0. The van der Waals surface area contributed by atoms with Gasteiger partial charge in [0.15, 0.2) is 5.16 Å². The minimum absolute atomic E-state index is 0.0706. The zero-order chi connectivity index (χ0) is 13.7. The third-order valence-corrected chi connectivity index (χ3v) is 5.02. The van der Waals surface area contributed by atoms with Crippen LogP contribution >= 0.6 is 23.4 Å². The van der Waals surface area contributed by atoms with E-state index in [1.807, 2.05) is 41.0 Å². The van der Waals surface area contributed by atoms with E-state index in [0.29, 0.717) is 5.02 Å². The van der Waals surface area contributed by atoms with Gasteiger partial charge in [-0.1, -0.05) is 17.7 Å². The van der Waals surface area contributed by atoms with Crippen LogP contribution in [0.25, 0.3) is 11.0 Å². The molecule has 0 fully saturated rings. The second-order valence-electron chi connectivity index (χ2n) is 4.66. The van der Waals surface area contributed by atoms with E-state index in [-0.39, 0.29) is 5.25 Å². The molecule has 0 aliphatic carbocycles. The molecular formula is C14H11ClN3OS. The molecule has 1 aliphatic rings. The quantitative estimate of drug-likeness (QED) is 0.679. The summed E-state index contributed by atoms with van der Waals surface area (Å²) < 4.78 is 1.87. The van der Waals surface area contributed by atoms with E-state index in [4.69, 9.17) is 11.6 Å². The number of thiol groups is 1. The van der Waals surface area contributed by atoms with Crippen LogP contribution in [0.5, 0.6) is 0 Å². The number of hydrogen-bond acceptors (Lipinski definition) is 3. The van der Waals surface area contributed by atoms with E-state index in [9.17, 15) is 5.11 Å². The van der Waals surface area contributed by atoms with Crippen molar-refractivity contribution in [2.75, 3.05) is 0 Å². The molecule has 2 aromatic heterocycles. The molecule has 0 amide bonds. The number of aliphatic hydroxyl groups is 1. The molecule has 2 atom stereocenters. The third-order valence-electron chi connectivity index (χ3n) is 3.43. The van der Waals surface area contributed by atoms with Crippen LogP contribution in [0.15, 0.2) is 47.8 Å². The summed E-state index contributed by atoms with van der Waals surface area (Å²) in [6.45, 7) is 0. The van der Waals surface area contributed by atoms with E-state index < -0.39 is 6.23 Å². The van der Waals surface area contributed by atoms with E-state index >= 15 is 0 Å². The van der Waals surface area contributed by atoms with Gasteiger partial charge < -0.3 is 5.11 Å². The van der Waals surface area contributed by atoms with Gasteiger partial charge in [-0.15, -0.1) is 11.8 Å². The molecule has 4 rings (SSSR count). The molecular weight excluding hydrogens is 294 g/mol. The molecule has 1 aliphatic heterocycles. The Balaban J connectivity index is 1.82. The molecule has 101 valence electrons. The van der Waals surface area contributed by atoms with Crippen LogP contribution in [0.2, 0.25) is 5.02 Å². The van der Waals surface area contributed by atoms with E-state index in [1.165, 1.54) is 0 Å². The molecule has 1 N–H and O–H groups in total. The first-order chi connectivity index (χ1) is 9.74. The number of hydrogen-bond donors (Lipinski definition) is 2. The van der Waals surface area contributed by atoms with Gasteiger partial charge in [-0.05, 0) is 30.3 Å². The molecule has 0 saturated heterocycles. The standard InChI is InChI=1S/C14H11ClN3OS/c15-8-4-5-11-10(7-8)17-14-18(11)13(19)12(20-14)9-3-1-2-6-16-9/h1-7,12-13,19-20H. The fourth-order valence-corrected chi connectivity index (χ4v) is 4.00. The lowest BCUT2D eigenvalue weighted by Gasteiger charge is -2.15. The summed E-state index contributed by atoms with van der Waals surface area (Å²) in [6.07, 6.45) is 1.10. The Morgan fingerprint density at radius 3 is 2.95 bits per heavy atom. The van der Waals surface area contributed by atoms with Crippen LogP contribution in [0, 0.1) is 0 Å². The van der Waals surface area contributed by atoms with Gasteiger partial charge in [0.05, 0.1) is 22.0 Å². The maximum absolute atomic E-state index is 10.6.